The van der Waals surface area contributed by atoms with Crippen LogP contribution in [0.4, 0.5) is 0 Å². The van der Waals surface area contributed by atoms with Crippen LogP contribution in [0.5, 0.6) is 0 Å². The zero-order chi connectivity index (χ0) is 6.27. The lowest BCUT2D eigenvalue weighted by atomic mass is 10.2. The van der Waals surface area contributed by atoms with Gasteiger partial charge in [-0.05, 0) is 0 Å². The van der Waals surface area contributed by atoms with Crippen molar-refractivity contribution >= 4 is 0 Å². The Labute approximate surface area is 54.9 Å². The van der Waals surface area contributed by atoms with Crippen molar-refractivity contribution in [2.24, 2.45) is 0 Å². The summed E-state index contributed by atoms with van der Waals surface area (Å²) in [5.41, 5.74) is 0. The van der Waals surface area contributed by atoms with Crippen LogP contribution in [0.1, 0.15) is 0 Å². The standard InChI is InChI=1S/C6H12N2O/c9-6-5-7-1-3-8(6)4-2-7/h6,9H,1-5H2. The van der Waals surface area contributed by atoms with E-state index in [9.17, 15) is 5.11 Å². The first-order valence-corrected chi connectivity index (χ1v) is 3.51. The molecule has 1 atom stereocenters. The van der Waals surface area contributed by atoms with Gasteiger partial charge in [0.05, 0.1) is 0 Å². The van der Waals surface area contributed by atoms with Gasteiger partial charge in [0.15, 0.2) is 0 Å². The summed E-state index contributed by atoms with van der Waals surface area (Å²) < 4.78 is 0. The molecule has 0 aromatic rings. The van der Waals surface area contributed by atoms with E-state index < -0.39 is 0 Å². The summed E-state index contributed by atoms with van der Waals surface area (Å²) in [6.07, 6.45) is -0.174. The fraction of sp³-hybridized carbons (Fsp3) is 1.00. The fourth-order valence-corrected chi connectivity index (χ4v) is 1.59. The van der Waals surface area contributed by atoms with E-state index in [1.807, 2.05) is 0 Å². The molecule has 3 rings (SSSR count). The molecule has 0 aromatic heterocycles. The molecule has 9 heavy (non-hydrogen) atoms. The van der Waals surface area contributed by atoms with Crippen LogP contribution in [-0.2, 0) is 0 Å². The van der Waals surface area contributed by atoms with Crippen molar-refractivity contribution in [3.63, 3.8) is 0 Å². The Bertz CT molecular complexity index is 110. The maximum Gasteiger partial charge on any atom is 0.120 e. The summed E-state index contributed by atoms with van der Waals surface area (Å²) >= 11 is 0. The molecule has 2 bridgehead atoms. The minimum absolute atomic E-state index is 0.174. The van der Waals surface area contributed by atoms with Gasteiger partial charge in [0.25, 0.3) is 0 Å². The van der Waals surface area contributed by atoms with Gasteiger partial charge in [0, 0.05) is 32.7 Å². The van der Waals surface area contributed by atoms with Gasteiger partial charge < -0.3 is 5.11 Å². The van der Waals surface area contributed by atoms with Crippen LogP contribution in [0, 0.1) is 0 Å². The van der Waals surface area contributed by atoms with Crippen molar-refractivity contribution in [1.29, 1.82) is 0 Å². The van der Waals surface area contributed by atoms with E-state index in [0.717, 1.165) is 32.7 Å². The van der Waals surface area contributed by atoms with Crippen molar-refractivity contribution in [2.45, 2.75) is 6.23 Å². The van der Waals surface area contributed by atoms with Gasteiger partial charge in [-0.3, -0.25) is 9.80 Å². The summed E-state index contributed by atoms with van der Waals surface area (Å²) in [6.45, 7) is 5.27. The third-order valence-electron chi connectivity index (χ3n) is 2.25. The lowest BCUT2D eigenvalue weighted by Crippen LogP contribution is -2.60. The van der Waals surface area contributed by atoms with E-state index >= 15 is 0 Å². The molecule has 3 nitrogen and oxygen atoms in total. The van der Waals surface area contributed by atoms with E-state index in [-0.39, 0.29) is 6.23 Å². The number of piperazine rings is 3. The highest BCUT2D eigenvalue weighted by Gasteiger charge is 2.29. The van der Waals surface area contributed by atoms with Gasteiger partial charge in [-0.15, -0.1) is 0 Å². The summed E-state index contributed by atoms with van der Waals surface area (Å²) in [5, 5.41) is 9.28. The van der Waals surface area contributed by atoms with Gasteiger partial charge in [-0.25, -0.2) is 0 Å². The third-order valence-corrected chi connectivity index (χ3v) is 2.25. The van der Waals surface area contributed by atoms with E-state index in [1.54, 1.807) is 0 Å². The maximum absolute atomic E-state index is 9.28. The third kappa shape index (κ3) is 0.852. The summed E-state index contributed by atoms with van der Waals surface area (Å²) in [4.78, 5) is 4.45. The van der Waals surface area contributed by atoms with Crippen molar-refractivity contribution in [3.05, 3.63) is 0 Å². The number of nitrogens with zero attached hydrogens (tertiary/aromatic N) is 2. The molecule has 1 unspecified atom stereocenters. The normalized spacial score (nSPS) is 49.7. The first-order chi connectivity index (χ1) is 4.36. The molecule has 3 heteroatoms. The van der Waals surface area contributed by atoms with Crippen LogP contribution >= 0.6 is 0 Å². The second kappa shape index (κ2) is 1.94. The van der Waals surface area contributed by atoms with E-state index in [0.29, 0.717) is 0 Å². The lowest BCUT2D eigenvalue weighted by Gasteiger charge is -2.44. The molecule has 0 spiro atoms. The van der Waals surface area contributed by atoms with Crippen molar-refractivity contribution in [2.75, 3.05) is 32.7 Å². The minimum atomic E-state index is -0.174. The van der Waals surface area contributed by atoms with E-state index in [4.69, 9.17) is 0 Å². The lowest BCUT2D eigenvalue weighted by molar-refractivity contribution is -0.0939. The molecule has 3 heterocycles. The summed E-state index contributed by atoms with van der Waals surface area (Å²) in [5.74, 6) is 0. The fourth-order valence-electron chi connectivity index (χ4n) is 1.59. The van der Waals surface area contributed by atoms with Crippen LogP contribution in [0.2, 0.25) is 0 Å². The average molecular weight is 128 g/mol. The van der Waals surface area contributed by atoms with Crippen LogP contribution in [0.3, 0.4) is 0 Å². The smallest absolute Gasteiger partial charge is 0.120 e. The van der Waals surface area contributed by atoms with Gasteiger partial charge in [-0.1, -0.05) is 0 Å². The maximum atomic E-state index is 9.28. The van der Waals surface area contributed by atoms with Gasteiger partial charge in [0.2, 0.25) is 0 Å². The van der Waals surface area contributed by atoms with Crippen molar-refractivity contribution in [3.8, 4) is 0 Å². The number of aliphatic hydroxyl groups is 1. The van der Waals surface area contributed by atoms with Gasteiger partial charge in [0.1, 0.15) is 6.23 Å². The SMILES string of the molecule is OC1CN2CCN1CC2. The molecular weight excluding hydrogens is 116 g/mol. The number of rotatable bonds is 0. The minimum Gasteiger partial charge on any atom is -0.377 e. The Morgan fingerprint density at radius 1 is 1.11 bits per heavy atom. The molecule has 0 amide bonds. The van der Waals surface area contributed by atoms with E-state index in [2.05, 4.69) is 9.80 Å². The predicted octanol–water partition coefficient (Wildman–Crippen LogP) is -1.06. The molecular formula is C6H12N2O. The average Bonchev–Trinajstić information content (AvgIpc) is 1.90. The van der Waals surface area contributed by atoms with Gasteiger partial charge in [-0.2, -0.15) is 0 Å². The Hall–Kier alpha value is -0.120. The second-order valence-corrected chi connectivity index (χ2v) is 2.82. The number of hydrogen-bond donors (Lipinski definition) is 1. The first-order valence-electron chi connectivity index (χ1n) is 3.51. The van der Waals surface area contributed by atoms with Crippen LogP contribution in [-0.4, -0.2) is 53.9 Å². The van der Waals surface area contributed by atoms with Crippen molar-refractivity contribution < 1.29 is 5.11 Å². The van der Waals surface area contributed by atoms with Crippen molar-refractivity contribution in [1.82, 2.24) is 9.80 Å². The van der Waals surface area contributed by atoms with Gasteiger partial charge >= 0.3 is 0 Å². The molecule has 3 fully saturated rings. The summed E-state index contributed by atoms with van der Waals surface area (Å²) in [6, 6.07) is 0. The summed E-state index contributed by atoms with van der Waals surface area (Å²) in [7, 11) is 0. The molecule has 1 N–H and O–H groups in total. The highest BCUT2D eigenvalue weighted by molar-refractivity contribution is 4.81. The van der Waals surface area contributed by atoms with Crippen LogP contribution in [0.25, 0.3) is 0 Å². The zero-order valence-corrected chi connectivity index (χ0v) is 5.45. The second-order valence-electron chi connectivity index (χ2n) is 2.82. The Morgan fingerprint density at radius 2 is 1.78 bits per heavy atom. The molecule has 0 saturated carbocycles. The highest BCUT2D eigenvalue weighted by Crippen LogP contribution is 2.12. The Morgan fingerprint density at radius 3 is 2.00 bits per heavy atom. The predicted molar refractivity (Wildman–Crippen MR) is 34.0 cm³/mol. The van der Waals surface area contributed by atoms with Crippen LogP contribution in [0.15, 0.2) is 0 Å². The monoisotopic (exact) mass is 128 g/mol. The molecule has 0 radical (unpaired) electrons. The van der Waals surface area contributed by atoms with Crippen LogP contribution < -0.4 is 0 Å². The number of fused-ring (bicyclic) bond motifs is 3. The topological polar surface area (TPSA) is 26.7 Å². The number of hydrogen-bond acceptors (Lipinski definition) is 3. The molecule has 3 saturated heterocycles. The molecule has 3 aliphatic rings. The molecule has 52 valence electrons. The largest absolute Gasteiger partial charge is 0.377 e. The molecule has 0 aliphatic carbocycles. The Kier molecular flexibility index (Phi) is 1.22. The number of aliphatic hydroxyl groups excluding tert-OH is 1. The zero-order valence-electron chi connectivity index (χ0n) is 5.45. The molecule has 0 aromatic carbocycles. The Balaban J connectivity index is 2.06. The first kappa shape index (κ1) is 5.65. The quantitative estimate of drug-likeness (QED) is 0.450. The highest BCUT2D eigenvalue weighted by atomic mass is 16.3. The van der Waals surface area contributed by atoms with E-state index in [1.165, 1.54) is 0 Å². The molecule has 3 aliphatic heterocycles.